The molecule has 0 aliphatic carbocycles. The second kappa shape index (κ2) is 6.68. The van der Waals surface area contributed by atoms with Crippen molar-refractivity contribution in [3.8, 4) is 0 Å². The maximum atomic E-state index is 5.78. The molecule has 1 fully saturated rings. The SMILES string of the molecule is Cc1ccnc(N(Cc2ccccc2)CC2CCCO2)n1. The lowest BCUT2D eigenvalue weighted by molar-refractivity contribution is 0.115. The van der Waals surface area contributed by atoms with E-state index in [0.717, 1.165) is 44.2 Å². The summed E-state index contributed by atoms with van der Waals surface area (Å²) < 4.78 is 5.78. The van der Waals surface area contributed by atoms with E-state index >= 15 is 0 Å². The normalized spacial score (nSPS) is 17.9. The van der Waals surface area contributed by atoms with E-state index < -0.39 is 0 Å². The number of ether oxygens (including phenoxy) is 1. The molecular weight excluding hydrogens is 262 g/mol. The topological polar surface area (TPSA) is 38.2 Å². The summed E-state index contributed by atoms with van der Waals surface area (Å²) in [4.78, 5) is 11.2. The van der Waals surface area contributed by atoms with E-state index in [0.29, 0.717) is 0 Å². The van der Waals surface area contributed by atoms with Gasteiger partial charge in [-0.1, -0.05) is 30.3 Å². The minimum absolute atomic E-state index is 0.290. The van der Waals surface area contributed by atoms with Gasteiger partial charge in [-0.25, -0.2) is 9.97 Å². The van der Waals surface area contributed by atoms with Gasteiger partial charge in [0.15, 0.2) is 0 Å². The van der Waals surface area contributed by atoms with Gasteiger partial charge in [0.05, 0.1) is 6.10 Å². The van der Waals surface area contributed by atoms with Crippen LogP contribution in [0.1, 0.15) is 24.1 Å². The Balaban J connectivity index is 1.79. The van der Waals surface area contributed by atoms with E-state index in [1.807, 2.05) is 25.3 Å². The summed E-state index contributed by atoms with van der Waals surface area (Å²) in [7, 11) is 0. The largest absolute Gasteiger partial charge is 0.376 e. The van der Waals surface area contributed by atoms with Crippen molar-refractivity contribution in [3.63, 3.8) is 0 Å². The number of aromatic nitrogens is 2. The van der Waals surface area contributed by atoms with Crippen LogP contribution >= 0.6 is 0 Å². The number of rotatable bonds is 5. The molecule has 2 heterocycles. The number of hydrogen-bond acceptors (Lipinski definition) is 4. The third kappa shape index (κ3) is 3.79. The second-order valence-electron chi connectivity index (χ2n) is 5.50. The number of benzene rings is 1. The fourth-order valence-electron chi connectivity index (χ4n) is 2.64. The molecule has 1 aromatic heterocycles. The number of nitrogens with zero attached hydrogens (tertiary/aromatic N) is 3. The van der Waals surface area contributed by atoms with Crippen LogP contribution in [-0.4, -0.2) is 29.2 Å². The van der Waals surface area contributed by atoms with Crippen molar-refractivity contribution in [2.75, 3.05) is 18.1 Å². The molecule has 3 rings (SSSR count). The predicted octanol–water partition coefficient (Wildman–Crippen LogP) is 2.97. The van der Waals surface area contributed by atoms with Crippen LogP contribution in [0.2, 0.25) is 0 Å². The molecule has 4 heteroatoms. The van der Waals surface area contributed by atoms with Crippen molar-refractivity contribution in [3.05, 3.63) is 53.9 Å². The van der Waals surface area contributed by atoms with Crippen LogP contribution in [0.5, 0.6) is 0 Å². The van der Waals surface area contributed by atoms with Crippen molar-refractivity contribution in [2.45, 2.75) is 32.4 Å². The molecule has 1 atom stereocenters. The Morgan fingerprint density at radius 1 is 1.24 bits per heavy atom. The lowest BCUT2D eigenvalue weighted by Gasteiger charge is -2.25. The fraction of sp³-hybridized carbons (Fsp3) is 0.412. The highest BCUT2D eigenvalue weighted by atomic mass is 16.5. The molecule has 0 bridgehead atoms. The highest BCUT2D eigenvalue weighted by Gasteiger charge is 2.21. The lowest BCUT2D eigenvalue weighted by atomic mass is 10.2. The summed E-state index contributed by atoms with van der Waals surface area (Å²) >= 11 is 0. The van der Waals surface area contributed by atoms with E-state index in [2.05, 4.69) is 39.1 Å². The van der Waals surface area contributed by atoms with Gasteiger partial charge < -0.3 is 9.64 Å². The molecule has 1 saturated heterocycles. The average molecular weight is 283 g/mol. The summed E-state index contributed by atoms with van der Waals surface area (Å²) in [5, 5.41) is 0. The third-order valence-corrected chi connectivity index (χ3v) is 3.73. The predicted molar refractivity (Wildman–Crippen MR) is 83.2 cm³/mol. The summed E-state index contributed by atoms with van der Waals surface area (Å²) in [6.45, 7) is 4.53. The van der Waals surface area contributed by atoms with Gasteiger partial charge in [-0.3, -0.25) is 0 Å². The van der Waals surface area contributed by atoms with Crippen LogP contribution in [0.25, 0.3) is 0 Å². The standard InChI is InChI=1S/C17H21N3O/c1-14-9-10-18-17(19-14)20(13-16-8-5-11-21-16)12-15-6-3-2-4-7-15/h2-4,6-7,9-10,16H,5,8,11-13H2,1H3. The summed E-state index contributed by atoms with van der Waals surface area (Å²) in [6, 6.07) is 12.4. The van der Waals surface area contributed by atoms with E-state index in [-0.39, 0.29) is 6.10 Å². The molecule has 1 aliphatic rings. The number of anilines is 1. The van der Waals surface area contributed by atoms with E-state index in [9.17, 15) is 0 Å². The molecule has 4 nitrogen and oxygen atoms in total. The quantitative estimate of drug-likeness (QED) is 0.845. The van der Waals surface area contributed by atoms with Crippen molar-refractivity contribution in [2.24, 2.45) is 0 Å². The minimum Gasteiger partial charge on any atom is -0.376 e. The minimum atomic E-state index is 0.290. The number of hydrogen-bond donors (Lipinski definition) is 0. The van der Waals surface area contributed by atoms with Crippen LogP contribution in [0.15, 0.2) is 42.6 Å². The Labute approximate surface area is 125 Å². The van der Waals surface area contributed by atoms with Crippen LogP contribution in [0.3, 0.4) is 0 Å². The van der Waals surface area contributed by atoms with Gasteiger partial charge >= 0.3 is 0 Å². The molecular formula is C17H21N3O. The smallest absolute Gasteiger partial charge is 0.225 e. The first kappa shape index (κ1) is 14.0. The first-order chi connectivity index (χ1) is 10.3. The summed E-state index contributed by atoms with van der Waals surface area (Å²) in [5.74, 6) is 0.786. The van der Waals surface area contributed by atoms with E-state index in [1.165, 1.54) is 5.56 Å². The molecule has 0 radical (unpaired) electrons. The summed E-state index contributed by atoms with van der Waals surface area (Å²) in [5.41, 5.74) is 2.26. The Bertz CT molecular complexity index is 567. The van der Waals surface area contributed by atoms with Gasteiger partial charge in [-0.15, -0.1) is 0 Å². The monoisotopic (exact) mass is 283 g/mol. The van der Waals surface area contributed by atoms with Crippen LogP contribution in [-0.2, 0) is 11.3 Å². The molecule has 1 aliphatic heterocycles. The maximum Gasteiger partial charge on any atom is 0.225 e. The Morgan fingerprint density at radius 2 is 2.10 bits per heavy atom. The lowest BCUT2D eigenvalue weighted by Crippen LogP contribution is -2.33. The molecule has 0 saturated carbocycles. The molecule has 1 unspecified atom stereocenters. The van der Waals surface area contributed by atoms with Gasteiger partial charge in [0.1, 0.15) is 0 Å². The van der Waals surface area contributed by atoms with E-state index in [4.69, 9.17) is 4.74 Å². The molecule has 0 spiro atoms. The van der Waals surface area contributed by atoms with Crippen molar-refractivity contribution < 1.29 is 4.74 Å². The van der Waals surface area contributed by atoms with Crippen LogP contribution < -0.4 is 4.90 Å². The Morgan fingerprint density at radius 3 is 2.81 bits per heavy atom. The van der Waals surface area contributed by atoms with Crippen molar-refractivity contribution in [1.29, 1.82) is 0 Å². The average Bonchev–Trinajstić information content (AvgIpc) is 3.01. The van der Waals surface area contributed by atoms with Crippen molar-refractivity contribution in [1.82, 2.24) is 9.97 Å². The molecule has 1 aromatic carbocycles. The second-order valence-corrected chi connectivity index (χ2v) is 5.50. The first-order valence-electron chi connectivity index (χ1n) is 7.51. The van der Waals surface area contributed by atoms with E-state index in [1.54, 1.807) is 0 Å². The summed E-state index contributed by atoms with van der Waals surface area (Å²) in [6.07, 6.45) is 4.39. The molecule has 21 heavy (non-hydrogen) atoms. The highest BCUT2D eigenvalue weighted by molar-refractivity contribution is 5.33. The van der Waals surface area contributed by atoms with Crippen molar-refractivity contribution >= 4 is 5.95 Å². The molecule has 0 N–H and O–H groups in total. The maximum absolute atomic E-state index is 5.78. The van der Waals surface area contributed by atoms with Crippen LogP contribution in [0.4, 0.5) is 5.95 Å². The highest BCUT2D eigenvalue weighted by Crippen LogP contribution is 2.18. The van der Waals surface area contributed by atoms with Crippen LogP contribution in [0, 0.1) is 6.92 Å². The van der Waals surface area contributed by atoms with Gasteiger partial charge in [0.25, 0.3) is 0 Å². The fourth-order valence-corrected chi connectivity index (χ4v) is 2.64. The zero-order valence-electron chi connectivity index (χ0n) is 12.4. The third-order valence-electron chi connectivity index (χ3n) is 3.73. The van der Waals surface area contributed by atoms with Gasteiger partial charge in [-0.05, 0) is 31.4 Å². The Hall–Kier alpha value is -1.94. The van der Waals surface area contributed by atoms with Gasteiger partial charge in [-0.2, -0.15) is 0 Å². The Kier molecular flexibility index (Phi) is 4.46. The molecule has 2 aromatic rings. The molecule has 0 amide bonds. The first-order valence-corrected chi connectivity index (χ1v) is 7.51. The number of aryl methyl sites for hydroxylation is 1. The molecule has 110 valence electrons. The van der Waals surface area contributed by atoms with Gasteiger partial charge in [0, 0.05) is 31.6 Å². The zero-order valence-corrected chi connectivity index (χ0v) is 12.4. The zero-order chi connectivity index (χ0) is 14.5. The van der Waals surface area contributed by atoms with Gasteiger partial charge in [0.2, 0.25) is 5.95 Å².